The van der Waals surface area contributed by atoms with Crippen molar-refractivity contribution in [2.24, 2.45) is 0 Å². The molecule has 2 aromatic rings. The van der Waals surface area contributed by atoms with Gasteiger partial charge in [-0.05, 0) is 36.6 Å². The molecular weight excluding hydrogens is 190 g/mol. The molecule has 74 valence electrons. The molecule has 1 N–H and O–H groups in total. The molecule has 2 heteroatoms. The van der Waals surface area contributed by atoms with Crippen LogP contribution in [-0.4, -0.2) is 6.54 Å². The molecule has 0 bridgehead atoms. The maximum absolute atomic E-state index is 3.36. The zero-order chi connectivity index (χ0) is 9.97. The second kappa shape index (κ2) is 4.11. The highest BCUT2D eigenvalue weighted by molar-refractivity contribution is 7.19. The van der Waals surface area contributed by atoms with Crippen LogP contribution in [-0.2, 0) is 6.54 Å². The van der Waals surface area contributed by atoms with Crippen LogP contribution in [0.2, 0.25) is 0 Å². The first-order valence-electron chi connectivity index (χ1n) is 5.00. The Bertz CT molecular complexity index is 431. The third kappa shape index (κ3) is 1.81. The number of aryl methyl sites for hydroxylation is 1. The topological polar surface area (TPSA) is 12.0 Å². The van der Waals surface area contributed by atoms with Gasteiger partial charge in [0.1, 0.15) is 0 Å². The standard InChI is InChI=1S/C12H15NS/c1-3-13-8-10-7-11-9(2)5-4-6-12(11)14-10/h4-7,13H,3,8H2,1-2H3. The van der Waals surface area contributed by atoms with Crippen LogP contribution in [0.1, 0.15) is 17.4 Å². The first-order chi connectivity index (χ1) is 6.81. The second-order valence-corrected chi connectivity index (χ2v) is 4.65. The van der Waals surface area contributed by atoms with Crippen LogP contribution in [0.4, 0.5) is 0 Å². The van der Waals surface area contributed by atoms with Crippen LogP contribution in [0.5, 0.6) is 0 Å². The molecular formula is C12H15NS. The smallest absolute Gasteiger partial charge is 0.0348 e. The third-order valence-electron chi connectivity index (χ3n) is 2.38. The Morgan fingerprint density at radius 3 is 2.93 bits per heavy atom. The van der Waals surface area contributed by atoms with Crippen LogP contribution in [0.25, 0.3) is 10.1 Å². The lowest BCUT2D eigenvalue weighted by atomic mass is 10.1. The number of rotatable bonds is 3. The van der Waals surface area contributed by atoms with Gasteiger partial charge in [0.15, 0.2) is 0 Å². The van der Waals surface area contributed by atoms with E-state index in [-0.39, 0.29) is 0 Å². The van der Waals surface area contributed by atoms with Crippen molar-refractivity contribution in [3.05, 3.63) is 34.7 Å². The van der Waals surface area contributed by atoms with Gasteiger partial charge < -0.3 is 5.32 Å². The van der Waals surface area contributed by atoms with Gasteiger partial charge in [-0.25, -0.2) is 0 Å². The monoisotopic (exact) mass is 205 g/mol. The summed E-state index contributed by atoms with van der Waals surface area (Å²) in [6, 6.07) is 8.80. The fourth-order valence-corrected chi connectivity index (χ4v) is 2.70. The minimum absolute atomic E-state index is 0.995. The summed E-state index contributed by atoms with van der Waals surface area (Å²) in [5.41, 5.74) is 1.38. The molecule has 1 aromatic carbocycles. The van der Waals surface area contributed by atoms with Crippen molar-refractivity contribution in [3.63, 3.8) is 0 Å². The Hall–Kier alpha value is -0.860. The zero-order valence-electron chi connectivity index (χ0n) is 8.63. The highest BCUT2D eigenvalue weighted by Gasteiger charge is 2.02. The minimum Gasteiger partial charge on any atom is -0.312 e. The SMILES string of the molecule is CCNCc1cc2c(C)cccc2s1. The molecule has 0 spiro atoms. The van der Waals surface area contributed by atoms with Gasteiger partial charge in [0.05, 0.1) is 0 Å². The molecule has 0 fully saturated rings. The molecule has 1 aromatic heterocycles. The molecule has 1 nitrogen and oxygen atoms in total. The van der Waals surface area contributed by atoms with E-state index >= 15 is 0 Å². The fraction of sp³-hybridized carbons (Fsp3) is 0.333. The van der Waals surface area contributed by atoms with E-state index < -0.39 is 0 Å². The van der Waals surface area contributed by atoms with Crippen molar-refractivity contribution in [1.82, 2.24) is 5.32 Å². The quantitative estimate of drug-likeness (QED) is 0.810. The summed E-state index contributed by atoms with van der Waals surface area (Å²) in [6.45, 7) is 6.34. The van der Waals surface area contributed by atoms with Crippen molar-refractivity contribution in [1.29, 1.82) is 0 Å². The van der Waals surface area contributed by atoms with Gasteiger partial charge in [-0.2, -0.15) is 0 Å². The number of thiophene rings is 1. The molecule has 0 saturated carbocycles. The minimum atomic E-state index is 0.995. The Morgan fingerprint density at radius 2 is 2.21 bits per heavy atom. The van der Waals surface area contributed by atoms with Crippen molar-refractivity contribution in [2.75, 3.05) is 6.54 Å². The van der Waals surface area contributed by atoms with Crippen molar-refractivity contribution in [3.8, 4) is 0 Å². The Labute approximate surface area is 88.8 Å². The average molecular weight is 205 g/mol. The number of hydrogen-bond donors (Lipinski definition) is 1. The van der Waals surface area contributed by atoms with E-state index in [1.54, 1.807) is 0 Å². The van der Waals surface area contributed by atoms with E-state index in [4.69, 9.17) is 0 Å². The highest BCUT2D eigenvalue weighted by atomic mass is 32.1. The van der Waals surface area contributed by atoms with Crippen LogP contribution in [0.15, 0.2) is 24.3 Å². The Kier molecular flexibility index (Phi) is 2.85. The first kappa shape index (κ1) is 9.69. The average Bonchev–Trinajstić information content (AvgIpc) is 2.59. The molecule has 0 radical (unpaired) electrons. The van der Waals surface area contributed by atoms with Crippen LogP contribution in [0, 0.1) is 6.92 Å². The van der Waals surface area contributed by atoms with Crippen LogP contribution in [0.3, 0.4) is 0 Å². The maximum Gasteiger partial charge on any atom is 0.0348 e. The summed E-state index contributed by atoms with van der Waals surface area (Å²) in [6.07, 6.45) is 0. The number of benzene rings is 1. The van der Waals surface area contributed by atoms with Gasteiger partial charge in [0.2, 0.25) is 0 Å². The van der Waals surface area contributed by atoms with E-state index in [0.29, 0.717) is 0 Å². The predicted molar refractivity (Wildman–Crippen MR) is 63.9 cm³/mol. The Balaban J connectivity index is 2.36. The third-order valence-corrected chi connectivity index (χ3v) is 3.48. The molecule has 0 aliphatic carbocycles. The van der Waals surface area contributed by atoms with Gasteiger partial charge in [-0.15, -0.1) is 11.3 Å². The van der Waals surface area contributed by atoms with E-state index in [1.807, 2.05) is 11.3 Å². The molecule has 2 rings (SSSR count). The second-order valence-electron chi connectivity index (χ2n) is 3.48. The molecule has 0 amide bonds. The van der Waals surface area contributed by atoms with Gasteiger partial charge in [-0.3, -0.25) is 0 Å². The molecule has 0 aliphatic heterocycles. The lowest BCUT2D eigenvalue weighted by Gasteiger charge is -1.95. The summed E-state index contributed by atoms with van der Waals surface area (Å²) in [5.74, 6) is 0. The van der Waals surface area contributed by atoms with Crippen LogP contribution < -0.4 is 5.32 Å². The first-order valence-corrected chi connectivity index (χ1v) is 5.81. The van der Waals surface area contributed by atoms with Gasteiger partial charge in [0, 0.05) is 16.1 Å². The molecule has 0 unspecified atom stereocenters. The number of hydrogen-bond acceptors (Lipinski definition) is 2. The van der Waals surface area contributed by atoms with Gasteiger partial charge in [-0.1, -0.05) is 19.1 Å². The van der Waals surface area contributed by atoms with E-state index in [2.05, 4.69) is 43.4 Å². The highest BCUT2D eigenvalue weighted by Crippen LogP contribution is 2.27. The summed E-state index contributed by atoms with van der Waals surface area (Å²) in [4.78, 5) is 1.43. The number of fused-ring (bicyclic) bond motifs is 1. The molecule has 0 atom stereocenters. The van der Waals surface area contributed by atoms with Gasteiger partial charge in [0.25, 0.3) is 0 Å². The summed E-state index contributed by atoms with van der Waals surface area (Å²) < 4.78 is 1.40. The zero-order valence-corrected chi connectivity index (χ0v) is 9.45. The van der Waals surface area contributed by atoms with Crippen LogP contribution >= 0.6 is 11.3 Å². The number of nitrogens with one attached hydrogen (secondary N) is 1. The van der Waals surface area contributed by atoms with Crippen molar-refractivity contribution in [2.45, 2.75) is 20.4 Å². The largest absolute Gasteiger partial charge is 0.312 e. The summed E-state index contributed by atoms with van der Waals surface area (Å²) in [7, 11) is 0. The van der Waals surface area contributed by atoms with Gasteiger partial charge >= 0.3 is 0 Å². The Morgan fingerprint density at radius 1 is 1.36 bits per heavy atom. The fourth-order valence-electron chi connectivity index (χ4n) is 1.59. The molecule has 14 heavy (non-hydrogen) atoms. The molecule has 1 heterocycles. The maximum atomic E-state index is 3.36. The van der Waals surface area contributed by atoms with E-state index in [0.717, 1.165) is 13.1 Å². The van der Waals surface area contributed by atoms with Crippen molar-refractivity contribution < 1.29 is 0 Å². The summed E-state index contributed by atoms with van der Waals surface area (Å²) in [5, 5.41) is 4.76. The normalized spacial score (nSPS) is 11.0. The summed E-state index contributed by atoms with van der Waals surface area (Å²) >= 11 is 1.89. The van der Waals surface area contributed by atoms with Crippen molar-refractivity contribution >= 4 is 21.4 Å². The lowest BCUT2D eigenvalue weighted by Crippen LogP contribution is -2.10. The molecule has 0 aliphatic rings. The predicted octanol–water partition coefficient (Wildman–Crippen LogP) is 3.32. The molecule has 0 saturated heterocycles. The lowest BCUT2D eigenvalue weighted by molar-refractivity contribution is 0.736. The van der Waals surface area contributed by atoms with E-state index in [9.17, 15) is 0 Å². The van der Waals surface area contributed by atoms with E-state index in [1.165, 1.54) is 20.5 Å².